The minimum atomic E-state index is -2.99. The summed E-state index contributed by atoms with van der Waals surface area (Å²) in [5.74, 6) is -1.19. The largest absolute Gasteiger partial charge is 0.465 e. The summed E-state index contributed by atoms with van der Waals surface area (Å²) in [6.07, 6.45) is -0.0341. The van der Waals surface area contributed by atoms with Gasteiger partial charge in [0, 0.05) is 11.8 Å². The van der Waals surface area contributed by atoms with Crippen LogP contribution in [0.3, 0.4) is 0 Å². The number of pyridine rings is 1. The molecule has 3 aromatic heterocycles. The third-order valence-corrected chi connectivity index (χ3v) is 5.12. The standard InChI is InChI=1S/C26H24F2N6O6/c1-26(2,3)40-25(37)32-19-11-15(9-10-29-19)23-31-18(13-39-23)22(35)30-17-12-34(33-20(17)21(27)28)16-7-5-14(6-8-16)24(36)38-4/h5-13,21H,1-4H3,(H,30,35)(H,29,32,37). The highest BCUT2D eigenvalue weighted by Crippen LogP contribution is 2.28. The number of amides is 2. The molecule has 1 aromatic carbocycles. The zero-order valence-corrected chi connectivity index (χ0v) is 21.8. The number of nitrogens with zero attached hydrogens (tertiary/aromatic N) is 4. The summed E-state index contributed by atoms with van der Waals surface area (Å²) in [7, 11) is 1.24. The van der Waals surface area contributed by atoms with E-state index in [1.165, 1.54) is 55.9 Å². The first-order valence-electron chi connectivity index (χ1n) is 11.7. The van der Waals surface area contributed by atoms with Gasteiger partial charge >= 0.3 is 12.1 Å². The minimum Gasteiger partial charge on any atom is -0.465 e. The molecule has 0 fully saturated rings. The van der Waals surface area contributed by atoms with Crippen LogP contribution >= 0.6 is 0 Å². The van der Waals surface area contributed by atoms with Crippen LogP contribution in [0.4, 0.5) is 25.1 Å². The van der Waals surface area contributed by atoms with Crippen molar-refractivity contribution in [2.45, 2.75) is 32.8 Å². The first-order valence-corrected chi connectivity index (χ1v) is 11.7. The van der Waals surface area contributed by atoms with Crippen LogP contribution in [0.25, 0.3) is 17.1 Å². The molecule has 0 radical (unpaired) electrons. The van der Waals surface area contributed by atoms with Gasteiger partial charge in [-0.2, -0.15) is 5.10 Å². The molecule has 0 spiro atoms. The lowest BCUT2D eigenvalue weighted by atomic mass is 10.2. The van der Waals surface area contributed by atoms with Gasteiger partial charge in [0.2, 0.25) is 5.89 Å². The molecule has 0 saturated heterocycles. The van der Waals surface area contributed by atoms with Crippen LogP contribution in [-0.4, -0.2) is 50.4 Å². The van der Waals surface area contributed by atoms with Crippen molar-refractivity contribution in [2.24, 2.45) is 0 Å². The molecule has 208 valence electrons. The number of rotatable bonds is 7. The van der Waals surface area contributed by atoms with Crippen LogP contribution in [0.15, 0.2) is 59.5 Å². The molecule has 0 unspecified atom stereocenters. The molecule has 2 N–H and O–H groups in total. The van der Waals surface area contributed by atoms with Crippen LogP contribution in [0.5, 0.6) is 0 Å². The Balaban J connectivity index is 1.50. The number of ether oxygens (including phenoxy) is 2. The van der Waals surface area contributed by atoms with Gasteiger partial charge in [-0.25, -0.2) is 33.0 Å². The molecular weight excluding hydrogens is 530 g/mol. The van der Waals surface area contributed by atoms with Gasteiger partial charge in [-0.3, -0.25) is 10.1 Å². The van der Waals surface area contributed by atoms with Crippen LogP contribution in [0.2, 0.25) is 0 Å². The molecule has 2 amide bonds. The zero-order valence-electron chi connectivity index (χ0n) is 21.8. The minimum absolute atomic E-state index is 0.0234. The van der Waals surface area contributed by atoms with Crippen molar-refractivity contribution in [3.05, 3.63) is 72.0 Å². The molecule has 0 saturated carbocycles. The Hall–Kier alpha value is -5.14. The Bertz CT molecular complexity index is 1540. The van der Waals surface area contributed by atoms with Gasteiger partial charge in [-0.15, -0.1) is 0 Å². The molecule has 0 atom stereocenters. The maximum absolute atomic E-state index is 13.7. The number of benzene rings is 1. The van der Waals surface area contributed by atoms with Crippen molar-refractivity contribution in [3.63, 3.8) is 0 Å². The van der Waals surface area contributed by atoms with Crippen molar-refractivity contribution in [1.29, 1.82) is 0 Å². The lowest BCUT2D eigenvalue weighted by Gasteiger charge is -2.19. The van der Waals surface area contributed by atoms with E-state index >= 15 is 0 Å². The Morgan fingerprint density at radius 2 is 1.80 bits per heavy atom. The summed E-state index contributed by atoms with van der Waals surface area (Å²) >= 11 is 0. The van der Waals surface area contributed by atoms with Crippen molar-refractivity contribution >= 4 is 29.5 Å². The number of carbonyl (C=O) groups is 3. The van der Waals surface area contributed by atoms with E-state index in [1.807, 2.05) is 0 Å². The topological polar surface area (TPSA) is 150 Å². The van der Waals surface area contributed by atoms with Gasteiger partial charge in [-0.1, -0.05) is 0 Å². The van der Waals surface area contributed by atoms with Gasteiger partial charge in [0.05, 0.1) is 30.2 Å². The molecular formula is C26H24F2N6O6. The molecule has 14 heteroatoms. The lowest BCUT2D eigenvalue weighted by Crippen LogP contribution is -2.27. The normalized spacial score (nSPS) is 11.3. The fourth-order valence-corrected chi connectivity index (χ4v) is 3.38. The second-order valence-electron chi connectivity index (χ2n) is 9.26. The maximum atomic E-state index is 13.7. The summed E-state index contributed by atoms with van der Waals surface area (Å²) in [6, 6.07) is 8.89. The van der Waals surface area contributed by atoms with Crippen LogP contribution < -0.4 is 10.6 Å². The average molecular weight is 555 g/mol. The highest BCUT2D eigenvalue weighted by atomic mass is 19.3. The van der Waals surface area contributed by atoms with E-state index in [9.17, 15) is 23.2 Å². The van der Waals surface area contributed by atoms with Gasteiger partial charge in [0.15, 0.2) is 11.4 Å². The number of carbonyl (C=O) groups excluding carboxylic acids is 3. The third-order valence-electron chi connectivity index (χ3n) is 5.12. The van der Waals surface area contributed by atoms with E-state index in [0.29, 0.717) is 11.3 Å². The number of methoxy groups -OCH3 is 1. The highest BCUT2D eigenvalue weighted by Gasteiger charge is 2.23. The molecule has 3 heterocycles. The Labute approximate surface area is 226 Å². The summed E-state index contributed by atoms with van der Waals surface area (Å²) in [5, 5.41) is 8.74. The molecule has 4 aromatic rings. The highest BCUT2D eigenvalue weighted by molar-refractivity contribution is 6.03. The Morgan fingerprint density at radius 3 is 2.45 bits per heavy atom. The van der Waals surface area contributed by atoms with Gasteiger partial charge < -0.3 is 19.2 Å². The van der Waals surface area contributed by atoms with Crippen LogP contribution in [0.1, 0.15) is 53.7 Å². The Kier molecular flexibility index (Phi) is 7.88. The summed E-state index contributed by atoms with van der Waals surface area (Å²) in [4.78, 5) is 44.6. The average Bonchev–Trinajstić information content (AvgIpc) is 3.55. The number of nitrogens with one attached hydrogen (secondary N) is 2. The second kappa shape index (κ2) is 11.3. The smallest absolute Gasteiger partial charge is 0.413 e. The van der Waals surface area contributed by atoms with E-state index < -0.39 is 35.7 Å². The molecule has 0 aliphatic rings. The predicted molar refractivity (Wildman–Crippen MR) is 137 cm³/mol. The number of anilines is 2. The van der Waals surface area contributed by atoms with E-state index in [0.717, 1.165) is 10.9 Å². The molecule has 0 bridgehead atoms. The second-order valence-corrected chi connectivity index (χ2v) is 9.26. The molecule has 0 aliphatic carbocycles. The van der Waals surface area contributed by atoms with Crippen molar-refractivity contribution < 1.29 is 37.1 Å². The van der Waals surface area contributed by atoms with Crippen molar-refractivity contribution in [3.8, 4) is 17.1 Å². The first-order chi connectivity index (χ1) is 18.9. The summed E-state index contributed by atoms with van der Waals surface area (Å²) in [6.45, 7) is 5.15. The van der Waals surface area contributed by atoms with E-state index in [1.54, 1.807) is 20.8 Å². The number of halogens is 2. The van der Waals surface area contributed by atoms with Gasteiger partial charge in [0.1, 0.15) is 17.7 Å². The predicted octanol–water partition coefficient (Wildman–Crippen LogP) is 5.25. The van der Waals surface area contributed by atoms with Gasteiger partial charge in [-0.05, 0) is 57.2 Å². The first kappa shape index (κ1) is 27.9. The van der Waals surface area contributed by atoms with E-state index in [2.05, 4.69) is 30.4 Å². The lowest BCUT2D eigenvalue weighted by molar-refractivity contribution is 0.0598. The SMILES string of the molecule is COC(=O)c1ccc(-n2cc(NC(=O)c3coc(-c4ccnc(NC(=O)OC(C)(C)C)c4)n3)c(C(F)F)n2)cc1. The van der Waals surface area contributed by atoms with Crippen molar-refractivity contribution in [2.75, 3.05) is 17.7 Å². The quantitative estimate of drug-likeness (QED) is 0.292. The number of hydrogen-bond acceptors (Lipinski definition) is 9. The molecule has 40 heavy (non-hydrogen) atoms. The molecule has 0 aliphatic heterocycles. The van der Waals surface area contributed by atoms with E-state index in [-0.39, 0.29) is 28.7 Å². The summed E-state index contributed by atoms with van der Waals surface area (Å²) < 4.78 is 43.8. The Morgan fingerprint density at radius 1 is 1.07 bits per heavy atom. The fourth-order valence-electron chi connectivity index (χ4n) is 3.38. The zero-order chi connectivity index (χ0) is 29.0. The number of hydrogen-bond donors (Lipinski definition) is 2. The van der Waals surface area contributed by atoms with E-state index in [4.69, 9.17) is 9.15 Å². The monoisotopic (exact) mass is 554 g/mol. The number of alkyl halides is 2. The summed E-state index contributed by atoms with van der Waals surface area (Å²) in [5.41, 5.74) is -0.782. The van der Waals surface area contributed by atoms with Gasteiger partial charge in [0.25, 0.3) is 12.3 Å². The third kappa shape index (κ3) is 6.64. The van der Waals surface area contributed by atoms with Crippen LogP contribution in [-0.2, 0) is 9.47 Å². The maximum Gasteiger partial charge on any atom is 0.413 e. The fraction of sp³-hybridized carbons (Fsp3) is 0.231. The van der Waals surface area contributed by atoms with Crippen LogP contribution in [0, 0.1) is 0 Å². The molecule has 12 nitrogen and oxygen atoms in total. The number of esters is 1. The number of aromatic nitrogens is 4. The molecule has 4 rings (SSSR count). The number of oxazole rings is 1. The van der Waals surface area contributed by atoms with Crippen molar-refractivity contribution in [1.82, 2.24) is 19.7 Å².